The molecule has 0 bridgehead atoms. The number of methoxy groups -OCH3 is 1. The highest BCUT2D eigenvalue weighted by atomic mass is 32.2. The van der Waals surface area contributed by atoms with E-state index in [-0.39, 0.29) is 12.5 Å². The number of halogens is 2. The van der Waals surface area contributed by atoms with Gasteiger partial charge in [0.15, 0.2) is 0 Å². The second-order valence-corrected chi connectivity index (χ2v) is 6.39. The predicted molar refractivity (Wildman–Crippen MR) is 97.9 cm³/mol. The number of carbonyl (C=O) groups excluding carboxylic acids is 2. The number of ether oxygens (including phenoxy) is 1. The number of nitrogens with one attached hydrogen (secondary N) is 2. The fraction of sp³-hybridized carbons (Fsp3) is 0.222. The monoisotopic (exact) mass is 380 g/mol. The van der Waals surface area contributed by atoms with Crippen LogP contribution in [0, 0.1) is 6.92 Å². The molecule has 0 heterocycles. The maximum atomic E-state index is 12.3. The first kappa shape index (κ1) is 19.7. The van der Waals surface area contributed by atoms with E-state index in [2.05, 4.69) is 15.4 Å². The average Bonchev–Trinajstić information content (AvgIpc) is 2.62. The lowest BCUT2D eigenvalue weighted by molar-refractivity contribution is -0.114. The molecule has 2 N–H and O–H groups in total. The van der Waals surface area contributed by atoms with Crippen molar-refractivity contribution in [1.29, 1.82) is 0 Å². The number of alkyl halides is 2. The molecule has 0 saturated carbocycles. The van der Waals surface area contributed by atoms with Crippen LogP contribution in [0.15, 0.2) is 47.4 Å². The molecule has 0 spiro atoms. The summed E-state index contributed by atoms with van der Waals surface area (Å²) >= 11 is 0.462. The number of hydrogen-bond acceptors (Lipinski definition) is 5. The third kappa shape index (κ3) is 5.73. The molecule has 8 heteroatoms. The quantitative estimate of drug-likeness (QED) is 0.558. The molecule has 0 aliphatic rings. The summed E-state index contributed by atoms with van der Waals surface area (Å²) in [7, 11) is 1.29. The van der Waals surface area contributed by atoms with Crippen LogP contribution in [-0.4, -0.2) is 31.3 Å². The van der Waals surface area contributed by atoms with E-state index in [1.165, 1.54) is 7.11 Å². The zero-order chi connectivity index (χ0) is 19.1. The summed E-state index contributed by atoms with van der Waals surface area (Å²) in [6, 6.07) is 11.3. The van der Waals surface area contributed by atoms with Gasteiger partial charge in [-0.05, 0) is 48.9 Å². The standard InChI is InChI=1S/C18H18F2N2O3S/c1-11-3-4-12(17(24)25-2)9-15(11)22-16(23)10-21-13-5-7-14(8-6-13)26-18(19)20/h3-9,18,21H,10H2,1-2H3,(H,22,23). The minimum atomic E-state index is -2.47. The lowest BCUT2D eigenvalue weighted by Crippen LogP contribution is -2.22. The predicted octanol–water partition coefficient (Wildman–Crippen LogP) is 4.15. The number of thioether (sulfide) groups is 1. The van der Waals surface area contributed by atoms with Crippen LogP contribution in [0.1, 0.15) is 15.9 Å². The number of rotatable bonds is 7. The SMILES string of the molecule is COC(=O)c1ccc(C)c(NC(=O)CNc2ccc(SC(F)F)cc2)c1. The first-order valence-electron chi connectivity index (χ1n) is 7.66. The molecule has 2 aromatic rings. The van der Waals surface area contributed by atoms with Gasteiger partial charge in [0.1, 0.15) is 0 Å². The summed E-state index contributed by atoms with van der Waals surface area (Å²) in [5, 5.41) is 5.64. The summed E-state index contributed by atoms with van der Waals surface area (Å²) in [5.41, 5.74) is 2.30. The van der Waals surface area contributed by atoms with Crippen LogP contribution >= 0.6 is 11.8 Å². The maximum Gasteiger partial charge on any atom is 0.337 e. The second-order valence-electron chi connectivity index (χ2n) is 5.33. The molecule has 0 saturated heterocycles. The van der Waals surface area contributed by atoms with Gasteiger partial charge in [0.25, 0.3) is 5.76 Å². The number of aryl methyl sites for hydroxylation is 1. The van der Waals surface area contributed by atoms with Crippen LogP contribution in [0.25, 0.3) is 0 Å². The van der Waals surface area contributed by atoms with Crippen molar-refractivity contribution in [2.24, 2.45) is 0 Å². The van der Waals surface area contributed by atoms with E-state index in [1.807, 2.05) is 6.92 Å². The molecule has 2 aromatic carbocycles. The smallest absolute Gasteiger partial charge is 0.337 e. The van der Waals surface area contributed by atoms with E-state index in [0.717, 1.165) is 5.56 Å². The van der Waals surface area contributed by atoms with Crippen molar-refractivity contribution in [3.8, 4) is 0 Å². The largest absolute Gasteiger partial charge is 0.465 e. The number of benzene rings is 2. The average molecular weight is 380 g/mol. The number of esters is 1. The molecule has 0 aliphatic heterocycles. The van der Waals surface area contributed by atoms with Crippen LogP contribution in [0.5, 0.6) is 0 Å². The molecule has 0 radical (unpaired) electrons. The van der Waals surface area contributed by atoms with E-state index in [0.29, 0.717) is 33.6 Å². The van der Waals surface area contributed by atoms with Gasteiger partial charge in [-0.1, -0.05) is 17.8 Å². The third-order valence-corrected chi connectivity index (χ3v) is 4.19. The van der Waals surface area contributed by atoms with Gasteiger partial charge in [-0.3, -0.25) is 4.79 Å². The first-order valence-corrected chi connectivity index (χ1v) is 8.54. The van der Waals surface area contributed by atoms with Crippen molar-refractivity contribution in [2.75, 3.05) is 24.3 Å². The van der Waals surface area contributed by atoms with Gasteiger partial charge in [0.05, 0.1) is 19.2 Å². The van der Waals surface area contributed by atoms with E-state index < -0.39 is 11.7 Å². The van der Waals surface area contributed by atoms with Crippen LogP contribution in [0.3, 0.4) is 0 Å². The highest BCUT2D eigenvalue weighted by Gasteiger charge is 2.10. The molecule has 1 amide bonds. The molecule has 0 aromatic heterocycles. The Balaban J connectivity index is 1.93. The summed E-state index contributed by atoms with van der Waals surface area (Å²) < 4.78 is 29.2. The molecule has 0 fully saturated rings. The zero-order valence-electron chi connectivity index (χ0n) is 14.2. The zero-order valence-corrected chi connectivity index (χ0v) is 15.0. The Labute approximate surface area is 154 Å². The number of amides is 1. The van der Waals surface area contributed by atoms with Gasteiger partial charge in [-0.2, -0.15) is 8.78 Å². The van der Waals surface area contributed by atoms with Gasteiger partial charge >= 0.3 is 5.97 Å². The Bertz CT molecular complexity index is 783. The van der Waals surface area contributed by atoms with Crippen LogP contribution in [0.4, 0.5) is 20.2 Å². The topological polar surface area (TPSA) is 67.4 Å². The second kappa shape index (κ2) is 9.19. The van der Waals surface area contributed by atoms with Crippen molar-refractivity contribution >= 4 is 35.0 Å². The Morgan fingerprint density at radius 2 is 1.85 bits per heavy atom. The highest BCUT2D eigenvalue weighted by molar-refractivity contribution is 7.99. The molecule has 0 aliphatic carbocycles. The number of hydrogen-bond donors (Lipinski definition) is 2. The third-order valence-electron chi connectivity index (χ3n) is 3.47. The Morgan fingerprint density at radius 1 is 1.15 bits per heavy atom. The van der Waals surface area contributed by atoms with E-state index >= 15 is 0 Å². The van der Waals surface area contributed by atoms with Crippen molar-refractivity contribution in [3.63, 3.8) is 0 Å². The van der Waals surface area contributed by atoms with E-state index in [9.17, 15) is 18.4 Å². The molecule has 0 atom stereocenters. The summed E-state index contributed by atoms with van der Waals surface area (Å²) in [4.78, 5) is 24.1. The van der Waals surface area contributed by atoms with Crippen molar-refractivity contribution < 1.29 is 23.1 Å². The van der Waals surface area contributed by atoms with E-state index in [1.54, 1.807) is 42.5 Å². The van der Waals surface area contributed by atoms with E-state index in [4.69, 9.17) is 0 Å². The van der Waals surface area contributed by atoms with Gasteiger partial charge in [-0.15, -0.1) is 0 Å². The molecule has 2 rings (SSSR count). The molecule has 0 unspecified atom stereocenters. The Morgan fingerprint density at radius 3 is 2.46 bits per heavy atom. The summed E-state index contributed by atoms with van der Waals surface area (Å²) in [5.74, 6) is -3.26. The fourth-order valence-corrected chi connectivity index (χ4v) is 2.63. The molecular formula is C18H18F2N2O3S. The maximum absolute atomic E-state index is 12.3. The molecular weight excluding hydrogens is 362 g/mol. The lowest BCUT2D eigenvalue weighted by atomic mass is 10.1. The van der Waals surface area contributed by atoms with Crippen LogP contribution in [-0.2, 0) is 9.53 Å². The molecule has 138 valence electrons. The Kier molecular flexibility index (Phi) is 6.97. The van der Waals surface area contributed by atoms with Gasteiger partial charge < -0.3 is 15.4 Å². The number of carbonyl (C=O) groups is 2. The Hall–Kier alpha value is -2.61. The fourth-order valence-electron chi connectivity index (χ4n) is 2.13. The molecule has 26 heavy (non-hydrogen) atoms. The minimum Gasteiger partial charge on any atom is -0.465 e. The summed E-state index contributed by atoms with van der Waals surface area (Å²) in [6.45, 7) is 1.80. The highest BCUT2D eigenvalue weighted by Crippen LogP contribution is 2.26. The summed E-state index contributed by atoms with van der Waals surface area (Å²) in [6.07, 6.45) is 0. The van der Waals surface area contributed by atoms with Crippen LogP contribution in [0.2, 0.25) is 0 Å². The minimum absolute atomic E-state index is 0.0107. The van der Waals surface area contributed by atoms with Gasteiger partial charge in [0, 0.05) is 16.3 Å². The van der Waals surface area contributed by atoms with Crippen molar-refractivity contribution in [2.45, 2.75) is 17.6 Å². The lowest BCUT2D eigenvalue weighted by Gasteiger charge is -2.11. The van der Waals surface area contributed by atoms with Crippen LogP contribution < -0.4 is 10.6 Å². The first-order chi connectivity index (χ1) is 12.4. The van der Waals surface area contributed by atoms with Gasteiger partial charge in [-0.25, -0.2) is 4.79 Å². The van der Waals surface area contributed by atoms with Crippen molar-refractivity contribution in [1.82, 2.24) is 0 Å². The molecule has 5 nitrogen and oxygen atoms in total. The van der Waals surface area contributed by atoms with Crippen molar-refractivity contribution in [3.05, 3.63) is 53.6 Å². The normalized spacial score (nSPS) is 10.5. The number of anilines is 2. The van der Waals surface area contributed by atoms with Gasteiger partial charge in [0.2, 0.25) is 5.91 Å².